The highest BCUT2D eigenvalue weighted by Gasteiger charge is 2.30. The third-order valence-corrected chi connectivity index (χ3v) is 6.22. The highest BCUT2D eigenvalue weighted by Crippen LogP contribution is 2.42. The molecule has 7 heteroatoms. The first-order chi connectivity index (χ1) is 11.2. The van der Waals surface area contributed by atoms with Gasteiger partial charge in [0.2, 0.25) is 0 Å². The van der Waals surface area contributed by atoms with Crippen LogP contribution in [0, 0.1) is 13.8 Å². The zero-order chi connectivity index (χ0) is 16.0. The molecule has 4 rings (SSSR count). The first-order valence-electron chi connectivity index (χ1n) is 7.61. The molecule has 1 aliphatic carbocycles. The van der Waals surface area contributed by atoms with Gasteiger partial charge in [-0.15, -0.1) is 28.1 Å². The van der Waals surface area contributed by atoms with Gasteiger partial charge in [-0.2, -0.15) is 0 Å². The van der Waals surface area contributed by atoms with Gasteiger partial charge in [0.15, 0.2) is 5.16 Å². The van der Waals surface area contributed by atoms with Gasteiger partial charge in [0.1, 0.15) is 22.0 Å². The molecule has 0 atom stereocenters. The summed E-state index contributed by atoms with van der Waals surface area (Å²) in [5, 5.41) is 11.8. The first-order valence-corrected chi connectivity index (χ1v) is 9.25. The van der Waals surface area contributed by atoms with Gasteiger partial charge in [-0.25, -0.2) is 9.97 Å². The standard InChI is InChI=1S/C16H17N5S2/c1-4-7-21-13(11-5-6-11)19-20-16(21)23-15-12-9(2)10(3)22-14(12)17-8-18-15/h4,8,11H,1,5-7H2,2-3H3. The summed E-state index contributed by atoms with van der Waals surface area (Å²) in [6, 6.07) is 0. The topological polar surface area (TPSA) is 56.5 Å². The van der Waals surface area contributed by atoms with Crippen molar-refractivity contribution in [1.29, 1.82) is 0 Å². The van der Waals surface area contributed by atoms with Gasteiger partial charge in [-0.05, 0) is 44.0 Å². The van der Waals surface area contributed by atoms with E-state index in [4.69, 9.17) is 0 Å². The molecular formula is C16H17N5S2. The number of hydrogen-bond donors (Lipinski definition) is 0. The lowest BCUT2D eigenvalue weighted by Gasteiger charge is -2.07. The van der Waals surface area contributed by atoms with Crippen molar-refractivity contribution in [3.8, 4) is 0 Å². The Balaban J connectivity index is 1.78. The van der Waals surface area contributed by atoms with Gasteiger partial charge in [-0.1, -0.05) is 6.08 Å². The molecule has 0 amide bonds. The van der Waals surface area contributed by atoms with E-state index in [1.165, 1.54) is 23.3 Å². The second-order valence-corrected chi connectivity index (χ2v) is 7.92. The van der Waals surface area contributed by atoms with E-state index < -0.39 is 0 Å². The molecule has 0 unspecified atom stereocenters. The maximum absolute atomic E-state index is 4.50. The summed E-state index contributed by atoms with van der Waals surface area (Å²) in [5.41, 5.74) is 1.25. The highest BCUT2D eigenvalue weighted by atomic mass is 32.2. The van der Waals surface area contributed by atoms with Crippen molar-refractivity contribution in [3.05, 3.63) is 35.2 Å². The highest BCUT2D eigenvalue weighted by molar-refractivity contribution is 7.99. The predicted molar refractivity (Wildman–Crippen MR) is 93.2 cm³/mol. The third kappa shape index (κ3) is 2.57. The smallest absolute Gasteiger partial charge is 0.197 e. The van der Waals surface area contributed by atoms with Gasteiger partial charge in [-0.3, -0.25) is 0 Å². The van der Waals surface area contributed by atoms with Crippen molar-refractivity contribution in [2.45, 2.75) is 49.3 Å². The summed E-state index contributed by atoms with van der Waals surface area (Å²) in [4.78, 5) is 11.2. The molecule has 1 fully saturated rings. The lowest BCUT2D eigenvalue weighted by atomic mass is 10.2. The van der Waals surface area contributed by atoms with Gasteiger partial charge in [0, 0.05) is 22.7 Å². The van der Waals surface area contributed by atoms with Crippen LogP contribution in [0.25, 0.3) is 10.2 Å². The Morgan fingerprint density at radius 1 is 1.35 bits per heavy atom. The Morgan fingerprint density at radius 2 is 2.17 bits per heavy atom. The molecule has 3 aromatic rings. The van der Waals surface area contributed by atoms with Gasteiger partial charge in [0.05, 0.1) is 0 Å². The molecule has 0 N–H and O–H groups in total. The van der Waals surface area contributed by atoms with Crippen LogP contribution in [0.3, 0.4) is 0 Å². The fourth-order valence-corrected chi connectivity index (χ4v) is 4.68. The molecule has 0 radical (unpaired) electrons. The Hall–Kier alpha value is -1.73. The molecule has 118 valence electrons. The molecule has 1 aliphatic rings. The lowest BCUT2D eigenvalue weighted by Crippen LogP contribution is -2.02. The first kappa shape index (κ1) is 14.8. The Kier molecular flexibility index (Phi) is 3.69. The zero-order valence-electron chi connectivity index (χ0n) is 13.1. The molecular weight excluding hydrogens is 326 g/mol. The van der Waals surface area contributed by atoms with Crippen LogP contribution in [0.2, 0.25) is 0 Å². The van der Waals surface area contributed by atoms with E-state index in [1.54, 1.807) is 29.4 Å². The zero-order valence-corrected chi connectivity index (χ0v) is 14.7. The van der Waals surface area contributed by atoms with Crippen LogP contribution in [0.15, 0.2) is 29.2 Å². The van der Waals surface area contributed by atoms with Crippen molar-refractivity contribution in [2.75, 3.05) is 0 Å². The second kappa shape index (κ2) is 5.72. The Labute approximate surface area is 142 Å². The lowest BCUT2D eigenvalue weighted by molar-refractivity contribution is 0.681. The number of rotatable bonds is 5. The quantitative estimate of drug-likeness (QED) is 0.515. The third-order valence-electron chi connectivity index (χ3n) is 4.12. The molecule has 3 aromatic heterocycles. The minimum absolute atomic E-state index is 0.562. The number of nitrogens with zero attached hydrogens (tertiary/aromatic N) is 5. The van der Waals surface area contributed by atoms with E-state index in [0.717, 1.165) is 32.8 Å². The number of thiophene rings is 1. The number of hydrogen-bond acceptors (Lipinski definition) is 6. The van der Waals surface area contributed by atoms with Crippen LogP contribution in [-0.2, 0) is 6.54 Å². The molecule has 0 bridgehead atoms. The molecule has 23 heavy (non-hydrogen) atoms. The number of fused-ring (bicyclic) bond motifs is 1. The van der Waals surface area contributed by atoms with Gasteiger partial charge >= 0.3 is 0 Å². The monoisotopic (exact) mass is 343 g/mol. The van der Waals surface area contributed by atoms with Gasteiger partial charge in [0.25, 0.3) is 0 Å². The van der Waals surface area contributed by atoms with E-state index >= 15 is 0 Å². The number of aromatic nitrogens is 5. The SMILES string of the molecule is C=CCn1c(Sc2ncnc3sc(C)c(C)c23)nnc1C1CC1. The van der Waals surface area contributed by atoms with Crippen molar-refractivity contribution in [1.82, 2.24) is 24.7 Å². The summed E-state index contributed by atoms with van der Waals surface area (Å²) < 4.78 is 2.16. The van der Waals surface area contributed by atoms with Crippen molar-refractivity contribution >= 4 is 33.3 Å². The van der Waals surface area contributed by atoms with Crippen LogP contribution in [-0.4, -0.2) is 24.7 Å². The Bertz CT molecular complexity index is 891. The summed E-state index contributed by atoms with van der Waals surface area (Å²) >= 11 is 3.29. The molecule has 1 saturated carbocycles. The average molecular weight is 343 g/mol. The predicted octanol–water partition coefficient (Wildman–Crippen LogP) is 4.11. The van der Waals surface area contributed by atoms with E-state index in [1.807, 2.05) is 6.08 Å². The van der Waals surface area contributed by atoms with E-state index in [-0.39, 0.29) is 0 Å². The minimum atomic E-state index is 0.562. The van der Waals surface area contributed by atoms with Crippen LogP contribution in [0.5, 0.6) is 0 Å². The van der Waals surface area contributed by atoms with Gasteiger partial charge < -0.3 is 4.57 Å². The van der Waals surface area contributed by atoms with Crippen LogP contribution < -0.4 is 0 Å². The molecule has 3 heterocycles. The average Bonchev–Trinajstić information content (AvgIpc) is 3.25. The second-order valence-electron chi connectivity index (χ2n) is 5.76. The Morgan fingerprint density at radius 3 is 2.91 bits per heavy atom. The maximum atomic E-state index is 4.50. The van der Waals surface area contributed by atoms with E-state index in [2.05, 4.69) is 45.2 Å². The van der Waals surface area contributed by atoms with E-state index in [0.29, 0.717) is 5.92 Å². The summed E-state index contributed by atoms with van der Waals surface area (Å²) in [6.07, 6.45) is 5.95. The number of allylic oxidation sites excluding steroid dienone is 1. The maximum Gasteiger partial charge on any atom is 0.197 e. The normalized spacial score (nSPS) is 14.5. The van der Waals surface area contributed by atoms with E-state index in [9.17, 15) is 0 Å². The number of aryl methyl sites for hydroxylation is 2. The fraction of sp³-hybridized carbons (Fsp3) is 0.375. The van der Waals surface area contributed by atoms with Crippen LogP contribution in [0.4, 0.5) is 0 Å². The molecule has 0 saturated heterocycles. The molecule has 0 aromatic carbocycles. The van der Waals surface area contributed by atoms with Crippen molar-refractivity contribution < 1.29 is 0 Å². The molecule has 5 nitrogen and oxygen atoms in total. The molecule has 0 spiro atoms. The summed E-state index contributed by atoms with van der Waals surface area (Å²) in [7, 11) is 0. The summed E-state index contributed by atoms with van der Waals surface area (Å²) in [6.45, 7) is 8.85. The minimum Gasteiger partial charge on any atom is -0.302 e. The largest absolute Gasteiger partial charge is 0.302 e. The van der Waals surface area contributed by atoms with Crippen molar-refractivity contribution in [3.63, 3.8) is 0 Å². The van der Waals surface area contributed by atoms with Crippen LogP contribution in [0.1, 0.15) is 35.0 Å². The van der Waals surface area contributed by atoms with Crippen molar-refractivity contribution in [2.24, 2.45) is 0 Å². The summed E-state index contributed by atoms with van der Waals surface area (Å²) in [5.74, 6) is 1.64. The molecule has 0 aliphatic heterocycles. The fourth-order valence-electron chi connectivity index (χ4n) is 2.63. The van der Waals surface area contributed by atoms with Crippen LogP contribution >= 0.6 is 23.1 Å².